The Labute approximate surface area is 348 Å². The molecule has 0 unspecified atom stereocenters. The highest BCUT2D eigenvalue weighted by atomic mass is 17.0. The lowest BCUT2D eigenvalue weighted by Crippen LogP contribution is -2.97. The Morgan fingerprint density at radius 1 is 0.869 bits per heavy atom. The first kappa shape index (κ1) is 41.7. The molecule has 1 aromatic rings. The predicted molar refractivity (Wildman–Crippen MR) is 191 cm³/mol. The van der Waals surface area contributed by atoms with Crippen LogP contribution >= 0.6 is 0 Å². The summed E-state index contributed by atoms with van der Waals surface area (Å²) < 4.78 is 68.3. The smallest absolute Gasteiger partial charge is 0.348 e. The lowest BCUT2D eigenvalue weighted by atomic mass is 9.33. The number of aliphatic hydroxyl groups excluding tert-OH is 1. The van der Waals surface area contributed by atoms with Crippen molar-refractivity contribution in [1.82, 2.24) is 0 Å². The van der Waals surface area contributed by atoms with Gasteiger partial charge >= 0.3 is 41.8 Å². The minimum atomic E-state index is -2.64. The van der Waals surface area contributed by atoms with Gasteiger partial charge in [-0.2, -0.15) is 0 Å². The molecule has 332 valence electrons. The van der Waals surface area contributed by atoms with Crippen molar-refractivity contribution in [3.63, 3.8) is 0 Å². The molecule has 0 amide bonds. The summed E-state index contributed by atoms with van der Waals surface area (Å²) >= 11 is 0. The third-order valence-corrected chi connectivity index (χ3v) is 15.6. The molecule has 8 aliphatic rings. The molecule has 2 N–H and O–H groups in total. The number of rotatable bonds is 9. The molecule has 1 aromatic heterocycles. The van der Waals surface area contributed by atoms with E-state index in [0.29, 0.717) is 0 Å². The van der Waals surface area contributed by atoms with E-state index in [1.165, 1.54) is 53.2 Å². The van der Waals surface area contributed by atoms with Gasteiger partial charge in [0, 0.05) is 56.9 Å². The molecule has 1 spiro atoms. The zero-order valence-corrected chi connectivity index (χ0v) is 35.1. The Kier molecular flexibility index (Phi) is 8.26. The number of furan rings is 1. The SMILES string of the molecule is COC(=O)[C@H](OC(C)=O)[C@H]1[C@@]2(C)C[C@]3(O)[C@@](OC(=O)C(C)C)([C@H]4O[C@]5(C)O[C@@]6([C@H](O)[C@H](OC(C)=O)[C@]78C[C@]7([C@@H](OC(C)=O)C(=O)O[C@H]8c7ccoc7)[C@@]46O5)[C@]13C)[C@H]2OC(C)=O. The van der Waals surface area contributed by atoms with Crippen LogP contribution in [0.4, 0.5) is 0 Å². The molecule has 17 atom stereocenters. The molecule has 20 heteroatoms. The summed E-state index contributed by atoms with van der Waals surface area (Å²) in [7, 11) is 1.03. The molecule has 3 saturated heterocycles. The van der Waals surface area contributed by atoms with Gasteiger partial charge in [0.25, 0.3) is 5.97 Å². The fourth-order valence-corrected chi connectivity index (χ4v) is 14.4. The van der Waals surface area contributed by atoms with Gasteiger partial charge in [0.2, 0.25) is 17.8 Å². The molecular formula is C41H48O20. The molecule has 0 aromatic carbocycles. The van der Waals surface area contributed by atoms with Crippen molar-refractivity contribution in [1.29, 1.82) is 0 Å². The molecule has 61 heavy (non-hydrogen) atoms. The van der Waals surface area contributed by atoms with Gasteiger partial charge < -0.3 is 62.0 Å². The molecular weight excluding hydrogens is 812 g/mol. The summed E-state index contributed by atoms with van der Waals surface area (Å²) in [6.45, 7) is 11.5. The van der Waals surface area contributed by atoms with Crippen LogP contribution in [0.5, 0.6) is 0 Å². The van der Waals surface area contributed by atoms with Gasteiger partial charge in [-0.1, -0.05) is 27.7 Å². The summed E-state index contributed by atoms with van der Waals surface area (Å²) in [6.07, 6.45) is -11.3. The molecule has 5 saturated carbocycles. The van der Waals surface area contributed by atoms with Crippen LogP contribution in [0.15, 0.2) is 23.0 Å². The van der Waals surface area contributed by atoms with E-state index in [1.807, 2.05) is 0 Å². The number of hydrogen-bond acceptors (Lipinski definition) is 20. The average molecular weight is 861 g/mol. The van der Waals surface area contributed by atoms with E-state index in [-0.39, 0.29) is 12.0 Å². The second-order valence-electron chi connectivity index (χ2n) is 18.7. The van der Waals surface area contributed by atoms with Gasteiger partial charge in [0.15, 0.2) is 6.10 Å². The van der Waals surface area contributed by atoms with E-state index >= 15 is 0 Å². The maximum absolute atomic E-state index is 14.7. The Balaban J connectivity index is 1.48. The third kappa shape index (κ3) is 4.17. The first-order valence-corrected chi connectivity index (χ1v) is 20.0. The number of hydrogen-bond donors (Lipinski definition) is 2. The first-order chi connectivity index (χ1) is 28.3. The van der Waals surface area contributed by atoms with Crippen LogP contribution in [0.2, 0.25) is 0 Å². The largest absolute Gasteiger partial charge is 0.472 e. The first-order valence-electron chi connectivity index (χ1n) is 20.0. The predicted octanol–water partition coefficient (Wildman–Crippen LogP) is 0.854. The van der Waals surface area contributed by atoms with Crippen LogP contribution in [-0.2, 0) is 80.9 Å². The van der Waals surface area contributed by atoms with Crippen LogP contribution in [0, 0.1) is 33.5 Å². The number of aliphatic hydroxyl groups is 2. The number of methoxy groups -OCH3 is 1. The van der Waals surface area contributed by atoms with Crippen molar-refractivity contribution in [3.05, 3.63) is 24.2 Å². The normalized spacial score (nSPS) is 49.1. The van der Waals surface area contributed by atoms with Crippen LogP contribution in [0.25, 0.3) is 0 Å². The lowest BCUT2D eigenvalue weighted by Gasteiger charge is -2.77. The lowest BCUT2D eigenvalue weighted by molar-refractivity contribution is -0.472. The zero-order chi connectivity index (χ0) is 44.6. The van der Waals surface area contributed by atoms with E-state index < -0.39 is 153 Å². The van der Waals surface area contributed by atoms with Gasteiger partial charge in [0.05, 0.1) is 36.4 Å². The van der Waals surface area contributed by atoms with Crippen LogP contribution < -0.4 is 0 Å². The highest BCUT2D eigenvalue weighted by Crippen LogP contribution is 2.96. The fourth-order valence-electron chi connectivity index (χ4n) is 14.4. The maximum atomic E-state index is 14.7. The highest BCUT2D eigenvalue weighted by molar-refractivity contribution is 5.85. The number of cyclic esters (lactones) is 1. The standard InChI is InChI=1S/C41H48O20/c1-16(2)28(47)58-39-31(56-20(6)45)33(7)14-38(39,50)34(8,23(33)22(29(48)51-10)53-17(3)42)40-24(46)26(54-18(4)43)36-15-37(36,41(40)32(39)59-35(9,60-40)61-41)27(55-19(5)44)30(49)57-25(36)21-11-12-52-13-21/h11-13,16,22-27,31-32,46,50H,14-15H2,1-10H3/t22-,23+,24-,25+,26+,27+,31+,32-,33-,34-,35-,36-,37-,38-,39+,40+,41+/m1/s1. The Bertz CT molecular complexity index is 2190. The molecule has 8 fully saturated rings. The molecule has 0 radical (unpaired) electrons. The Morgan fingerprint density at radius 2 is 1.51 bits per heavy atom. The van der Waals surface area contributed by atoms with E-state index in [4.69, 9.17) is 51.8 Å². The number of esters is 7. The summed E-state index contributed by atoms with van der Waals surface area (Å²) in [5.41, 5.74) is -18.1. The van der Waals surface area contributed by atoms with Gasteiger partial charge in [0.1, 0.15) is 41.2 Å². The molecule has 3 aliphatic heterocycles. The highest BCUT2D eigenvalue weighted by Gasteiger charge is 3.12. The summed E-state index contributed by atoms with van der Waals surface area (Å²) in [4.78, 5) is 96.3. The number of ether oxygens (including phenoxy) is 10. The summed E-state index contributed by atoms with van der Waals surface area (Å²) in [6, 6.07) is 1.48. The number of carbonyl (C=O) groups excluding carboxylic acids is 7. The zero-order valence-electron chi connectivity index (χ0n) is 35.1. The van der Waals surface area contributed by atoms with Crippen LogP contribution in [0.3, 0.4) is 0 Å². The van der Waals surface area contributed by atoms with Crippen molar-refractivity contribution in [2.45, 2.75) is 146 Å². The van der Waals surface area contributed by atoms with Gasteiger partial charge in [-0.15, -0.1) is 0 Å². The summed E-state index contributed by atoms with van der Waals surface area (Å²) in [5.74, 6) is -11.8. The van der Waals surface area contributed by atoms with Gasteiger partial charge in [-0.05, 0) is 18.9 Å². The van der Waals surface area contributed by atoms with Crippen LogP contribution in [-0.4, -0.2) is 124 Å². The van der Waals surface area contributed by atoms with Crippen molar-refractivity contribution in [2.75, 3.05) is 7.11 Å². The Morgan fingerprint density at radius 3 is 2.07 bits per heavy atom. The Hall–Kier alpha value is -4.63. The summed E-state index contributed by atoms with van der Waals surface area (Å²) in [5, 5.41) is 27.7. The average Bonchev–Trinajstić information content (AvgIpc) is 3.51. The molecule has 4 heterocycles. The van der Waals surface area contributed by atoms with Crippen molar-refractivity contribution >= 4 is 41.8 Å². The van der Waals surface area contributed by atoms with Crippen LogP contribution in [0.1, 0.15) is 86.8 Å². The molecule has 4 bridgehead atoms. The minimum absolute atomic E-state index is 0.232. The molecule has 9 rings (SSSR count). The van der Waals surface area contributed by atoms with E-state index in [9.17, 15) is 43.8 Å². The van der Waals surface area contributed by atoms with Gasteiger partial charge in [-0.3, -0.25) is 24.0 Å². The van der Waals surface area contributed by atoms with E-state index in [0.717, 1.165) is 34.8 Å². The molecule has 20 nitrogen and oxygen atoms in total. The van der Waals surface area contributed by atoms with Crippen molar-refractivity contribution in [2.24, 2.45) is 33.5 Å². The minimum Gasteiger partial charge on any atom is -0.472 e. The monoisotopic (exact) mass is 860 g/mol. The number of fused-ring (bicyclic) bond motifs is 3. The third-order valence-electron chi connectivity index (χ3n) is 15.6. The van der Waals surface area contributed by atoms with E-state index in [2.05, 4.69) is 0 Å². The molecule has 5 aliphatic carbocycles. The maximum Gasteiger partial charge on any atom is 0.348 e. The second-order valence-corrected chi connectivity index (χ2v) is 18.7. The van der Waals surface area contributed by atoms with Crippen molar-refractivity contribution < 1.29 is 95.6 Å². The van der Waals surface area contributed by atoms with E-state index in [1.54, 1.807) is 0 Å². The second kappa shape index (κ2) is 12.1. The van der Waals surface area contributed by atoms with Crippen molar-refractivity contribution in [3.8, 4) is 0 Å². The quantitative estimate of drug-likeness (QED) is 0.257. The van der Waals surface area contributed by atoms with Gasteiger partial charge in [-0.25, -0.2) is 9.59 Å². The number of carbonyl (C=O) groups is 7. The topological polar surface area (TPSA) is 265 Å². The fraction of sp³-hybridized carbons (Fsp3) is 0.732.